The first kappa shape index (κ1) is 28.2. The number of aromatic nitrogens is 1. The van der Waals surface area contributed by atoms with Gasteiger partial charge < -0.3 is 24.5 Å². The molecule has 5 rings (SSSR count). The van der Waals surface area contributed by atoms with Crippen molar-refractivity contribution in [1.82, 2.24) is 9.88 Å². The van der Waals surface area contributed by atoms with E-state index in [1.54, 1.807) is 20.3 Å². The molecule has 2 aliphatic rings. The van der Waals surface area contributed by atoms with E-state index in [-0.39, 0.29) is 17.2 Å². The number of hydrogen-bond donors (Lipinski definition) is 2. The highest BCUT2D eigenvalue weighted by molar-refractivity contribution is 6.05. The van der Waals surface area contributed by atoms with E-state index < -0.39 is 17.7 Å². The number of fused-ring (bicyclic) bond motifs is 3. The van der Waals surface area contributed by atoms with Gasteiger partial charge in [-0.25, -0.2) is 9.18 Å². The average Bonchev–Trinajstić information content (AvgIpc) is 3.26. The molecule has 7 nitrogen and oxygen atoms in total. The number of benzene rings is 2. The van der Waals surface area contributed by atoms with Crippen LogP contribution in [-0.4, -0.2) is 41.8 Å². The second-order valence-corrected chi connectivity index (χ2v) is 9.76. The lowest BCUT2D eigenvalue weighted by atomic mass is 9.92. The third kappa shape index (κ3) is 5.24. The van der Waals surface area contributed by atoms with Crippen molar-refractivity contribution in [3.05, 3.63) is 58.5 Å². The Balaban J connectivity index is 0.00000172. The molecule has 39 heavy (non-hydrogen) atoms. The minimum Gasteiger partial charge on any atom is -0.493 e. The van der Waals surface area contributed by atoms with Gasteiger partial charge in [0.05, 0.1) is 31.0 Å². The van der Waals surface area contributed by atoms with Crippen LogP contribution in [0.15, 0.2) is 30.3 Å². The summed E-state index contributed by atoms with van der Waals surface area (Å²) in [5, 5.41) is 13.3. The molecule has 1 aromatic heterocycles. The van der Waals surface area contributed by atoms with Crippen LogP contribution < -0.4 is 14.8 Å². The molecule has 0 saturated heterocycles. The number of halogens is 1. The Morgan fingerprint density at radius 2 is 1.69 bits per heavy atom. The van der Waals surface area contributed by atoms with E-state index in [1.165, 1.54) is 12.1 Å². The van der Waals surface area contributed by atoms with Crippen molar-refractivity contribution in [2.75, 3.05) is 14.2 Å². The van der Waals surface area contributed by atoms with Gasteiger partial charge in [-0.15, -0.1) is 0 Å². The molecule has 0 radical (unpaired) electrons. The third-order valence-electron chi connectivity index (χ3n) is 7.65. The molecule has 0 bridgehead atoms. The summed E-state index contributed by atoms with van der Waals surface area (Å²) in [6.45, 7) is 6.45. The topological polar surface area (TPSA) is 89.8 Å². The van der Waals surface area contributed by atoms with Gasteiger partial charge in [-0.3, -0.25) is 4.79 Å². The largest absolute Gasteiger partial charge is 0.493 e. The van der Waals surface area contributed by atoms with Crippen LogP contribution in [-0.2, 0) is 13.0 Å². The Morgan fingerprint density at radius 3 is 2.33 bits per heavy atom. The van der Waals surface area contributed by atoms with Crippen molar-refractivity contribution < 1.29 is 28.6 Å². The smallest absolute Gasteiger partial charge is 0.338 e. The summed E-state index contributed by atoms with van der Waals surface area (Å²) < 4.78 is 27.7. The Morgan fingerprint density at radius 1 is 1.03 bits per heavy atom. The zero-order valence-electron chi connectivity index (χ0n) is 23.3. The van der Waals surface area contributed by atoms with E-state index in [0.717, 1.165) is 48.9 Å². The Bertz CT molecular complexity index is 1390. The zero-order valence-corrected chi connectivity index (χ0v) is 23.3. The first-order valence-corrected chi connectivity index (χ1v) is 13.7. The minimum atomic E-state index is -1.09. The number of carboxylic acid groups (broad SMARTS) is 1. The lowest BCUT2D eigenvalue weighted by Gasteiger charge is -2.23. The fraction of sp³-hybridized carbons (Fsp3) is 0.419. The molecule has 1 fully saturated rings. The van der Waals surface area contributed by atoms with Gasteiger partial charge in [0.2, 0.25) is 0 Å². The van der Waals surface area contributed by atoms with Crippen molar-refractivity contribution in [2.24, 2.45) is 0 Å². The number of carboxylic acids is 1. The summed E-state index contributed by atoms with van der Waals surface area (Å²) in [5.41, 5.74) is 4.06. The predicted molar refractivity (Wildman–Crippen MR) is 149 cm³/mol. The number of carbonyl (C=O) groups is 2. The molecule has 0 spiro atoms. The molecule has 2 aromatic carbocycles. The number of aromatic carboxylic acids is 1. The number of nitrogens with zero attached hydrogens (tertiary/aromatic N) is 1. The van der Waals surface area contributed by atoms with Crippen LogP contribution >= 0.6 is 0 Å². The summed E-state index contributed by atoms with van der Waals surface area (Å²) in [7, 11) is 3.11. The van der Waals surface area contributed by atoms with E-state index in [4.69, 9.17) is 9.47 Å². The van der Waals surface area contributed by atoms with Gasteiger partial charge >= 0.3 is 5.97 Å². The average molecular weight is 537 g/mol. The predicted octanol–water partition coefficient (Wildman–Crippen LogP) is 6.63. The molecule has 2 N–H and O–H groups in total. The second-order valence-electron chi connectivity index (χ2n) is 9.76. The van der Waals surface area contributed by atoms with E-state index in [0.29, 0.717) is 41.3 Å². The quantitative estimate of drug-likeness (QED) is 0.369. The van der Waals surface area contributed by atoms with Gasteiger partial charge in [-0.1, -0.05) is 39.2 Å². The first-order chi connectivity index (χ1) is 18.8. The highest BCUT2D eigenvalue weighted by Gasteiger charge is 2.32. The van der Waals surface area contributed by atoms with E-state index in [2.05, 4.69) is 5.32 Å². The zero-order chi connectivity index (χ0) is 28.3. The maximum absolute atomic E-state index is 14.8. The fourth-order valence-electron chi connectivity index (χ4n) is 5.80. The molecule has 1 saturated carbocycles. The van der Waals surface area contributed by atoms with Crippen molar-refractivity contribution in [3.63, 3.8) is 0 Å². The number of rotatable bonds is 6. The highest BCUT2D eigenvalue weighted by atomic mass is 19.1. The summed E-state index contributed by atoms with van der Waals surface area (Å²) >= 11 is 0. The Labute approximate surface area is 228 Å². The lowest BCUT2D eigenvalue weighted by molar-refractivity contribution is 0.0698. The number of methoxy groups -OCH3 is 2. The molecule has 1 aliphatic carbocycles. The molecular formula is C31H37FN2O5. The number of aryl methyl sites for hydroxylation is 1. The van der Waals surface area contributed by atoms with E-state index in [1.807, 2.05) is 37.5 Å². The normalized spacial score (nSPS) is 14.4. The molecule has 3 aromatic rings. The maximum Gasteiger partial charge on any atom is 0.338 e. The van der Waals surface area contributed by atoms with Gasteiger partial charge in [0.15, 0.2) is 11.5 Å². The van der Waals surface area contributed by atoms with E-state index in [9.17, 15) is 19.1 Å². The molecule has 0 unspecified atom stereocenters. The van der Waals surface area contributed by atoms with Crippen LogP contribution in [0.3, 0.4) is 0 Å². The van der Waals surface area contributed by atoms with E-state index >= 15 is 0 Å². The van der Waals surface area contributed by atoms with Crippen LogP contribution in [0.25, 0.3) is 22.4 Å². The highest BCUT2D eigenvalue weighted by Crippen LogP contribution is 2.45. The summed E-state index contributed by atoms with van der Waals surface area (Å²) in [6.07, 6.45) is 5.69. The number of amides is 1. The SMILES string of the molecule is CC.COc1cc2c(cc1OC)-c1c(C(=O)O)c(-c3ccc(F)c(C(=O)NC4CCCCC4)c3)c(C)n1CC2. The van der Waals surface area contributed by atoms with Gasteiger partial charge in [-0.05, 0) is 61.6 Å². The Hall–Kier alpha value is -3.81. The van der Waals surface area contributed by atoms with Crippen molar-refractivity contribution in [1.29, 1.82) is 0 Å². The van der Waals surface area contributed by atoms with Gasteiger partial charge in [-0.2, -0.15) is 0 Å². The molecule has 1 amide bonds. The molecule has 2 heterocycles. The van der Waals surface area contributed by atoms with Crippen molar-refractivity contribution in [2.45, 2.75) is 71.9 Å². The van der Waals surface area contributed by atoms with Gasteiger partial charge in [0, 0.05) is 29.4 Å². The fourth-order valence-corrected chi connectivity index (χ4v) is 5.80. The molecule has 208 valence electrons. The Kier molecular flexibility index (Phi) is 8.63. The molecule has 0 atom stereocenters. The summed E-state index contributed by atoms with van der Waals surface area (Å²) in [5.74, 6) is -1.09. The van der Waals surface area contributed by atoms with Crippen LogP contribution in [0.4, 0.5) is 4.39 Å². The van der Waals surface area contributed by atoms with Crippen molar-refractivity contribution in [3.8, 4) is 33.9 Å². The lowest BCUT2D eigenvalue weighted by Crippen LogP contribution is -2.36. The minimum absolute atomic E-state index is 0.0332. The molecule has 1 aliphatic heterocycles. The van der Waals surface area contributed by atoms with Crippen LogP contribution in [0.5, 0.6) is 11.5 Å². The van der Waals surface area contributed by atoms with Gasteiger partial charge in [0.1, 0.15) is 5.82 Å². The maximum atomic E-state index is 14.8. The third-order valence-corrected chi connectivity index (χ3v) is 7.65. The van der Waals surface area contributed by atoms with Crippen molar-refractivity contribution >= 4 is 11.9 Å². The summed E-state index contributed by atoms with van der Waals surface area (Å²) in [4.78, 5) is 25.7. The number of nitrogens with one attached hydrogen (secondary N) is 1. The van der Waals surface area contributed by atoms with Crippen LogP contribution in [0.2, 0.25) is 0 Å². The summed E-state index contributed by atoms with van der Waals surface area (Å²) in [6, 6.07) is 7.99. The number of hydrogen-bond acceptors (Lipinski definition) is 4. The standard InChI is InChI=1S/C29H31FN2O5.C2H6/c1-16-25(18-9-10-22(30)21(13-18)28(33)31-19-7-5-4-6-8-19)26(29(34)35)27-20-15-24(37-3)23(36-2)14-17(20)11-12-32(16)27;1-2/h9-10,13-15,19H,4-8,11-12H2,1-3H3,(H,31,33)(H,34,35);1-2H3. The number of ether oxygens (including phenoxy) is 2. The first-order valence-electron chi connectivity index (χ1n) is 13.7. The van der Waals surface area contributed by atoms with Crippen LogP contribution in [0, 0.1) is 12.7 Å². The molecular weight excluding hydrogens is 499 g/mol. The van der Waals surface area contributed by atoms with Crippen LogP contribution in [0.1, 0.15) is 77.9 Å². The number of carbonyl (C=O) groups excluding carboxylic acids is 1. The second kappa shape index (κ2) is 11.9. The van der Waals surface area contributed by atoms with Gasteiger partial charge in [0.25, 0.3) is 5.91 Å². The molecule has 8 heteroatoms. The monoisotopic (exact) mass is 536 g/mol.